The average Bonchev–Trinajstić information content (AvgIpc) is 2.14. The van der Waals surface area contributed by atoms with Gasteiger partial charge in [0.15, 0.2) is 17.5 Å². The van der Waals surface area contributed by atoms with Gasteiger partial charge >= 0.3 is 0 Å². The molecule has 0 saturated carbocycles. The number of thioether (sulfide) groups is 1. The van der Waals surface area contributed by atoms with E-state index in [1.807, 2.05) is 6.26 Å². The number of nitrogens with one attached hydrogen (secondary N) is 1. The molecule has 0 bridgehead atoms. The first-order valence-corrected chi connectivity index (χ1v) is 5.71. The Morgan fingerprint density at radius 1 is 1.40 bits per heavy atom. The number of aromatic nitrogens is 1. The summed E-state index contributed by atoms with van der Waals surface area (Å²) in [7, 11) is 0. The van der Waals surface area contributed by atoms with Crippen LogP contribution in [0.4, 0.5) is 19.0 Å². The first kappa shape index (κ1) is 12.2. The van der Waals surface area contributed by atoms with Crippen molar-refractivity contribution in [3.8, 4) is 0 Å². The van der Waals surface area contributed by atoms with Gasteiger partial charge < -0.3 is 5.32 Å². The summed E-state index contributed by atoms with van der Waals surface area (Å²) in [5.74, 6) is -3.00. The van der Waals surface area contributed by atoms with E-state index < -0.39 is 17.6 Å². The molecule has 0 fully saturated rings. The lowest BCUT2D eigenvalue weighted by Gasteiger charge is -2.13. The Hall–Kier alpha value is -0.910. The fraction of sp³-hybridized carbons (Fsp3) is 0.444. The predicted octanol–water partition coefficient (Wildman–Crippen LogP) is 2.66. The molecule has 1 aromatic rings. The van der Waals surface area contributed by atoms with E-state index in [2.05, 4.69) is 10.3 Å². The molecule has 1 unspecified atom stereocenters. The molecule has 84 valence electrons. The molecule has 0 radical (unpaired) electrons. The predicted molar refractivity (Wildman–Crippen MR) is 55.6 cm³/mol. The highest BCUT2D eigenvalue weighted by Gasteiger charge is 2.13. The van der Waals surface area contributed by atoms with Crippen molar-refractivity contribution in [3.63, 3.8) is 0 Å². The third-order valence-electron chi connectivity index (χ3n) is 1.69. The highest BCUT2D eigenvalue weighted by atomic mass is 32.2. The molecule has 2 nitrogen and oxygen atoms in total. The highest BCUT2D eigenvalue weighted by Crippen LogP contribution is 2.15. The van der Waals surface area contributed by atoms with Gasteiger partial charge in [-0.1, -0.05) is 0 Å². The summed E-state index contributed by atoms with van der Waals surface area (Å²) < 4.78 is 38.3. The average molecular weight is 236 g/mol. The van der Waals surface area contributed by atoms with E-state index in [-0.39, 0.29) is 11.9 Å². The van der Waals surface area contributed by atoms with Gasteiger partial charge in [0.1, 0.15) is 0 Å². The molecule has 0 aromatic carbocycles. The molecule has 1 atom stereocenters. The van der Waals surface area contributed by atoms with Crippen LogP contribution in [-0.2, 0) is 0 Å². The summed E-state index contributed by atoms with van der Waals surface area (Å²) in [6.07, 6.45) is 1.90. The van der Waals surface area contributed by atoms with Gasteiger partial charge in [-0.25, -0.2) is 8.78 Å². The fourth-order valence-electron chi connectivity index (χ4n) is 1.07. The second-order valence-corrected chi connectivity index (χ2v) is 4.00. The summed E-state index contributed by atoms with van der Waals surface area (Å²) in [5.41, 5.74) is 0. The van der Waals surface area contributed by atoms with Gasteiger partial charge in [-0.15, -0.1) is 0 Å². The van der Waals surface area contributed by atoms with Crippen molar-refractivity contribution in [1.29, 1.82) is 0 Å². The zero-order valence-electron chi connectivity index (χ0n) is 8.35. The van der Waals surface area contributed by atoms with E-state index >= 15 is 0 Å². The number of halogens is 3. The number of pyridine rings is 1. The van der Waals surface area contributed by atoms with E-state index in [1.165, 1.54) is 0 Å². The van der Waals surface area contributed by atoms with Crippen molar-refractivity contribution in [2.75, 3.05) is 17.3 Å². The van der Waals surface area contributed by atoms with Crippen LogP contribution < -0.4 is 5.32 Å². The maximum atomic E-state index is 13.1. The first-order valence-electron chi connectivity index (χ1n) is 4.31. The van der Waals surface area contributed by atoms with E-state index in [9.17, 15) is 13.2 Å². The Labute approximate surface area is 90.3 Å². The van der Waals surface area contributed by atoms with Crippen molar-refractivity contribution >= 4 is 17.6 Å². The van der Waals surface area contributed by atoms with Crippen LogP contribution >= 0.6 is 11.8 Å². The van der Waals surface area contributed by atoms with E-state index in [0.29, 0.717) is 6.07 Å². The Morgan fingerprint density at radius 2 is 2.07 bits per heavy atom. The first-order chi connectivity index (χ1) is 7.04. The van der Waals surface area contributed by atoms with Gasteiger partial charge in [-0.3, -0.25) is 0 Å². The van der Waals surface area contributed by atoms with E-state index in [1.54, 1.807) is 18.7 Å². The molecule has 0 aliphatic heterocycles. The lowest BCUT2D eigenvalue weighted by atomic mass is 10.3. The van der Waals surface area contributed by atoms with Crippen LogP contribution in [0, 0.1) is 17.6 Å². The molecule has 15 heavy (non-hydrogen) atoms. The lowest BCUT2D eigenvalue weighted by Crippen LogP contribution is -2.20. The van der Waals surface area contributed by atoms with Crippen molar-refractivity contribution in [1.82, 2.24) is 4.98 Å². The number of nitrogens with zero attached hydrogens (tertiary/aromatic N) is 1. The quantitative estimate of drug-likeness (QED) is 0.813. The molecule has 1 rings (SSSR count). The molecule has 0 aliphatic carbocycles. The van der Waals surface area contributed by atoms with Crippen LogP contribution in [0.5, 0.6) is 0 Å². The number of hydrogen-bond donors (Lipinski definition) is 1. The minimum Gasteiger partial charge on any atom is -0.364 e. The Balaban J connectivity index is 2.81. The van der Waals surface area contributed by atoms with Gasteiger partial charge in [0, 0.05) is 17.9 Å². The fourth-order valence-corrected chi connectivity index (χ4v) is 1.65. The van der Waals surface area contributed by atoms with Gasteiger partial charge in [0.25, 0.3) is 5.95 Å². The smallest absolute Gasteiger partial charge is 0.251 e. The van der Waals surface area contributed by atoms with Crippen LogP contribution in [0.2, 0.25) is 0 Å². The molecule has 0 saturated heterocycles. The van der Waals surface area contributed by atoms with Crippen molar-refractivity contribution < 1.29 is 13.2 Å². The number of hydrogen-bond acceptors (Lipinski definition) is 3. The van der Waals surface area contributed by atoms with Crippen LogP contribution in [-0.4, -0.2) is 23.0 Å². The van der Waals surface area contributed by atoms with Crippen molar-refractivity contribution in [2.24, 2.45) is 0 Å². The molecule has 0 amide bonds. The Bertz CT molecular complexity index is 346. The number of anilines is 1. The van der Waals surface area contributed by atoms with Crippen LogP contribution in [0.25, 0.3) is 0 Å². The van der Waals surface area contributed by atoms with Crippen LogP contribution in [0.15, 0.2) is 6.07 Å². The normalized spacial score (nSPS) is 12.6. The molecule has 1 N–H and O–H groups in total. The van der Waals surface area contributed by atoms with Gasteiger partial charge in [0.05, 0.1) is 0 Å². The summed E-state index contributed by atoms with van der Waals surface area (Å²) in [6, 6.07) is 0.420. The standard InChI is InChI=1S/C9H11F3N2S/c1-5(4-15-2)13-9-7(11)3-6(10)8(12)14-9/h3,5H,4H2,1-2H3,(H,13,14). The number of rotatable bonds is 4. The molecule has 0 spiro atoms. The highest BCUT2D eigenvalue weighted by molar-refractivity contribution is 7.98. The third kappa shape index (κ3) is 3.30. The maximum Gasteiger partial charge on any atom is 0.251 e. The van der Waals surface area contributed by atoms with E-state index in [4.69, 9.17) is 0 Å². The SMILES string of the molecule is CSCC(C)Nc1nc(F)c(F)cc1F. The van der Waals surface area contributed by atoms with Crippen LogP contribution in [0.1, 0.15) is 6.92 Å². The maximum absolute atomic E-state index is 13.1. The topological polar surface area (TPSA) is 24.9 Å². The minimum atomic E-state index is -1.30. The van der Waals surface area contributed by atoms with Gasteiger partial charge in [-0.05, 0) is 13.2 Å². The third-order valence-corrected chi connectivity index (χ3v) is 2.52. The van der Waals surface area contributed by atoms with Gasteiger partial charge in [0.2, 0.25) is 0 Å². The summed E-state index contributed by atoms with van der Waals surface area (Å²) in [5, 5.41) is 2.67. The zero-order valence-corrected chi connectivity index (χ0v) is 9.17. The Kier molecular flexibility index (Phi) is 4.26. The summed E-state index contributed by atoms with van der Waals surface area (Å²) >= 11 is 1.56. The lowest BCUT2D eigenvalue weighted by molar-refractivity contribution is 0.466. The summed E-state index contributed by atoms with van der Waals surface area (Å²) in [4.78, 5) is 3.16. The molecule has 0 aliphatic rings. The monoisotopic (exact) mass is 236 g/mol. The van der Waals surface area contributed by atoms with Crippen molar-refractivity contribution in [3.05, 3.63) is 23.6 Å². The van der Waals surface area contributed by atoms with E-state index in [0.717, 1.165) is 5.75 Å². The molecule has 6 heteroatoms. The van der Waals surface area contributed by atoms with Crippen molar-refractivity contribution in [2.45, 2.75) is 13.0 Å². The minimum absolute atomic E-state index is 0.0631. The second kappa shape index (κ2) is 5.25. The molecule has 1 heterocycles. The zero-order chi connectivity index (χ0) is 11.4. The molecular formula is C9H11F3N2S. The molecule has 1 aromatic heterocycles. The van der Waals surface area contributed by atoms with Gasteiger partial charge in [-0.2, -0.15) is 21.1 Å². The molecular weight excluding hydrogens is 225 g/mol. The van der Waals surface area contributed by atoms with Crippen LogP contribution in [0.3, 0.4) is 0 Å². The summed E-state index contributed by atoms with van der Waals surface area (Å²) in [6.45, 7) is 1.80. The Morgan fingerprint density at radius 3 is 2.67 bits per heavy atom. The second-order valence-electron chi connectivity index (χ2n) is 3.09. The largest absolute Gasteiger partial charge is 0.364 e.